The van der Waals surface area contributed by atoms with Crippen LogP contribution in [-0.2, 0) is 11.3 Å². The van der Waals surface area contributed by atoms with Gasteiger partial charge in [0, 0.05) is 43.8 Å². The molecule has 27 heavy (non-hydrogen) atoms. The average Bonchev–Trinajstić information content (AvgIpc) is 2.67. The summed E-state index contributed by atoms with van der Waals surface area (Å²) in [6.07, 6.45) is 3.10. The second-order valence-electron chi connectivity index (χ2n) is 6.17. The van der Waals surface area contributed by atoms with Gasteiger partial charge in [-0.25, -0.2) is 4.79 Å². The van der Waals surface area contributed by atoms with Crippen molar-refractivity contribution >= 4 is 23.6 Å². The summed E-state index contributed by atoms with van der Waals surface area (Å²) >= 11 is 0. The Balaban J connectivity index is 1.84. The van der Waals surface area contributed by atoms with Crippen molar-refractivity contribution < 1.29 is 19.5 Å². The molecule has 0 aliphatic carbocycles. The number of carbonyl (C=O) groups is 3. The molecular formula is C19H22N4O4. The van der Waals surface area contributed by atoms with Gasteiger partial charge in [-0.15, -0.1) is 0 Å². The van der Waals surface area contributed by atoms with Gasteiger partial charge in [-0.1, -0.05) is 19.1 Å². The highest BCUT2D eigenvalue weighted by Gasteiger charge is 2.17. The van der Waals surface area contributed by atoms with Crippen LogP contribution in [0.25, 0.3) is 0 Å². The molecule has 0 aliphatic rings. The van der Waals surface area contributed by atoms with Crippen LogP contribution in [0.3, 0.4) is 0 Å². The van der Waals surface area contributed by atoms with E-state index >= 15 is 0 Å². The van der Waals surface area contributed by atoms with Crippen LogP contribution in [0.4, 0.5) is 10.5 Å². The Bertz CT molecular complexity index is 793. The van der Waals surface area contributed by atoms with E-state index in [1.54, 1.807) is 62.8 Å². The van der Waals surface area contributed by atoms with E-state index in [0.717, 1.165) is 5.56 Å². The highest BCUT2D eigenvalue weighted by atomic mass is 16.4. The number of carboxylic acid groups (broad SMARTS) is 1. The molecule has 1 unspecified atom stereocenters. The standard InChI is InChI=1S/C19H22N4O4/c1-13(18(25)26)12-23(2)19(27)21-11-14-3-5-16(6-4-14)22-17(24)15-7-9-20-10-8-15/h3-10,13H,11-12H2,1-2H3,(H,21,27)(H,22,24)(H,25,26). The summed E-state index contributed by atoms with van der Waals surface area (Å²) < 4.78 is 0. The van der Waals surface area contributed by atoms with Crippen molar-refractivity contribution in [3.63, 3.8) is 0 Å². The van der Waals surface area contributed by atoms with Crippen molar-refractivity contribution in [2.75, 3.05) is 18.9 Å². The normalized spacial score (nSPS) is 11.3. The summed E-state index contributed by atoms with van der Waals surface area (Å²) in [4.78, 5) is 40.1. The van der Waals surface area contributed by atoms with E-state index in [4.69, 9.17) is 5.11 Å². The van der Waals surface area contributed by atoms with Crippen LogP contribution >= 0.6 is 0 Å². The van der Waals surface area contributed by atoms with Gasteiger partial charge in [0.2, 0.25) is 0 Å². The Labute approximate surface area is 157 Å². The largest absolute Gasteiger partial charge is 0.481 e. The van der Waals surface area contributed by atoms with E-state index in [1.165, 1.54) is 4.90 Å². The van der Waals surface area contributed by atoms with Gasteiger partial charge in [-0.2, -0.15) is 0 Å². The molecule has 8 nitrogen and oxygen atoms in total. The molecule has 1 heterocycles. The summed E-state index contributed by atoms with van der Waals surface area (Å²) in [5, 5.41) is 14.4. The third kappa shape index (κ3) is 6.10. The summed E-state index contributed by atoms with van der Waals surface area (Å²) in [7, 11) is 1.55. The monoisotopic (exact) mass is 370 g/mol. The number of aliphatic carboxylic acids is 1. The van der Waals surface area contributed by atoms with Crippen molar-refractivity contribution in [2.24, 2.45) is 5.92 Å². The summed E-state index contributed by atoms with van der Waals surface area (Å²) in [5.41, 5.74) is 2.00. The fraction of sp³-hybridized carbons (Fsp3) is 0.263. The van der Waals surface area contributed by atoms with Gasteiger partial charge >= 0.3 is 12.0 Å². The van der Waals surface area contributed by atoms with Gasteiger partial charge in [0.05, 0.1) is 5.92 Å². The third-order valence-electron chi connectivity index (χ3n) is 3.91. The zero-order chi connectivity index (χ0) is 19.8. The summed E-state index contributed by atoms with van der Waals surface area (Å²) in [5.74, 6) is -1.81. The second-order valence-corrected chi connectivity index (χ2v) is 6.17. The number of amides is 3. The van der Waals surface area contributed by atoms with Crippen molar-refractivity contribution in [3.05, 3.63) is 59.9 Å². The molecule has 1 aromatic heterocycles. The van der Waals surface area contributed by atoms with Crippen LogP contribution in [0.1, 0.15) is 22.8 Å². The van der Waals surface area contributed by atoms with Crippen LogP contribution < -0.4 is 10.6 Å². The lowest BCUT2D eigenvalue weighted by atomic mass is 10.2. The number of rotatable bonds is 7. The number of hydrogen-bond donors (Lipinski definition) is 3. The Hall–Kier alpha value is -3.42. The minimum absolute atomic E-state index is 0.126. The van der Waals surface area contributed by atoms with Crippen LogP contribution in [0.5, 0.6) is 0 Å². The van der Waals surface area contributed by atoms with E-state index < -0.39 is 11.9 Å². The molecule has 1 atom stereocenters. The van der Waals surface area contributed by atoms with E-state index in [2.05, 4.69) is 15.6 Å². The lowest BCUT2D eigenvalue weighted by molar-refractivity contribution is -0.141. The Kier molecular flexibility index (Phi) is 6.87. The number of nitrogens with one attached hydrogen (secondary N) is 2. The molecule has 142 valence electrons. The number of urea groups is 1. The molecule has 0 saturated heterocycles. The van der Waals surface area contributed by atoms with Crippen LogP contribution in [0.2, 0.25) is 0 Å². The number of benzene rings is 1. The molecule has 0 bridgehead atoms. The van der Waals surface area contributed by atoms with Gasteiger partial charge in [-0.3, -0.25) is 14.6 Å². The molecule has 3 amide bonds. The number of aromatic nitrogens is 1. The maximum Gasteiger partial charge on any atom is 0.317 e. The smallest absolute Gasteiger partial charge is 0.317 e. The van der Waals surface area contributed by atoms with Crippen molar-refractivity contribution in [1.82, 2.24) is 15.2 Å². The minimum atomic E-state index is -0.945. The summed E-state index contributed by atoms with van der Waals surface area (Å²) in [6.45, 7) is 1.97. The number of anilines is 1. The highest BCUT2D eigenvalue weighted by molar-refractivity contribution is 6.04. The van der Waals surface area contributed by atoms with Crippen molar-refractivity contribution in [3.8, 4) is 0 Å². The maximum atomic E-state index is 12.1. The molecule has 0 aliphatic heterocycles. The van der Waals surface area contributed by atoms with Gasteiger partial charge < -0.3 is 20.6 Å². The maximum absolute atomic E-state index is 12.1. The topological polar surface area (TPSA) is 112 Å². The first-order valence-electron chi connectivity index (χ1n) is 8.39. The first kappa shape index (κ1) is 19.9. The number of pyridine rings is 1. The average molecular weight is 370 g/mol. The molecule has 3 N–H and O–H groups in total. The molecule has 0 saturated carbocycles. The molecule has 2 rings (SSSR count). The first-order valence-corrected chi connectivity index (χ1v) is 8.39. The third-order valence-corrected chi connectivity index (χ3v) is 3.91. The van der Waals surface area contributed by atoms with Crippen LogP contribution in [0, 0.1) is 5.92 Å². The van der Waals surface area contributed by atoms with Gasteiger partial charge in [0.25, 0.3) is 5.91 Å². The fourth-order valence-electron chi connectivity index (χ4n) is 2.30. The van der Waals surface area contributed by atoms with Gasteiger partial charge in [0.1, 0.15) is 0 Å². The van der Waals surface area contributed by atoms with Crippen molar-refractivity contribution in [1.29, 1.82) is 0 Å². The SMILES string of the molecule is CC(CN(C)C(=O)NCc1ccc(NC(=O)c2ccncc2)cc1)C(=O)O. The zero-order valence-corrected chi connectivity index (χ0v) is 15.2. The lowest BCUT2D eigenvalue weighted by Gasteiger charge is -2.20. The van der Waals surface area contributed by atoms with Crippen LogP contribution in [-0.4, -0.2) is 46.5 Å². The predicted molar refractivity (Wildman–Crippen MR) is 100 cm³/mol. The lowest BCUT2D eigenvalue weighted by Crippen LogP contribution is -2.40. The zero-order valence-electron chi connectivity index (χ0n) is 15.2. The van der Waals surface area contributed by atoms with Gasteiger partial charge in [-0.05, 0) is 29.8 Å². The number of nitrogens with zero attached hydrogens (tertiary/aromatic N) is 2. The number of hydrogen-bond acceptors (Lipinski definition) is 4. The molecule has 2 aromatic rings. The van der Waals surface area contributed by atoms with Gasteiger partial charge in [0.15, 0.2) is 0 Å². The van der Waals surface area contributed by atoms with E-state index in [0.29, 0.717) is 17.8 Å². The second kappa shape index (κ2) is 9.33. The van der Waals surface area contributed by atoms with Crippen molar-refractivity contribution in [2.45, 2.75) is 13.5 Å². The predicted octanol–water partition coefficient (Wildman–Crippen LogP) is 2.20. The molecule has 0 radical (unpaired) electrons. The summed E-state index contributed by atoms with van der Waals surface area (Å²) in [6, 6.07) is 9.98. The molecule has 0 fully saturated rings. The number of carboxylic acids is 1. The fourth-order valence-corrected chi connectivity index (χ4v) is 2.30. The first-order chi connectivity index (χ1) is 12.9. The number of carbonyl (C=O) groups excluding carboxylic acids is 2. The molecule has 1 aromatic carbocycles. The van der Waals surface area contributed by atoms with E-state index in [1.807, 2.05) is 0 Å². The van der Waals surface area contributed by atoms with Crippen LogP contribution in [0.15, 0.2) is 48.8 Å². The minimum Gasteiger partial charge on any atom is -0.481 e. The Morgan fingerprint density at radius 3 is 2.33 bits per heavy atom. The Morgan fingerprint density at radius 1 is 1.11 bits per heavy atom. The molecule has 0 spiro atoms. The quantitative estimate of drug-likeness (QED) is 0.692. The Morgan fingerprint density at radius 2 is 1.74 bits per heavy atom. The highest BCUT2D eigenvalue weighted by Crippen LogP contribution is 2.11. The molecular weight excluding hydrogens is 348 g/mol. The van der Waals surface area contributed by atoms with E-state index in [-0.39, 0.29) is 18.5 Å². The molecule has 8 heteroatoms. The van der Waals surface area contributed by atoms with E-state index in [9.17, 15) is 14.4 Å².